The second-order valence-electron chi connectivity index (χ2n) is 6.31. The fraction of sp³-hybridized carbons (Fsp3) is 0.389. The van der Waals surface area contributed by atoms with Crippen LogP contribution in [0, 0.1) is 17.8 Å². The first-order valence-electron chi connectivity index (χ1n) is 8.19. The molecule has 3 rings (SSSR count). The van der Waals surface area contributed by atoms with Crippen molar-refractivity contribution in [1.29, 1.82) is 0 Å². The third kappa shape index (κ3) is 3.44. The molecule has 0 saturated carbocycles. The molecule has 1 fully saturated rings. The van der Waals surface area contributed by atoms with Gasteiger partial charge in [0, 0.05) is 5.69 Å². The number of anilines is 1. The van der Waals surface area contributed by atoms with Crippen molar-refractivity contribution in [3.05, 3.63) is 40.4 Å². The van der Waals surface area contributed by atoms with E-state index in [9.17, 15) is 14.4 Å². The third-order valence-corrected chi connectivity index (χ3v) is 5.52. The molecule has 0 radical (unpaired) electrons. The van der Waals surface area contributed by atoms with Crippen molar-refractivity contribution in [3.8, 4) is 0 Å². The minimum absolute atomic E-state index is 0.0540. The van der Waals surface area contributed by atoms with Gasteiger partial charge in [-0.1, -0.05) is 42.3 Å². The summed E-state index contributed by atoms with van der Waals surface area (Å²) in [6.07, 6.45) is 5.31. The van der Waals surface area contributed by atoms with Gasteiger partial charge in [-0.25, -0.2) is 0 Å². The number of carbonyl (C=O) groups is 3. The van der Waals surface area contributed by atoms with Crippen LogP contribution in [0.3, 0.4) is 0 Å². The summed E-state index contributed by atoms with van der Waals surface area (Å²) >= 11 is 11.8. The van der Waals surface area contributed by atoms with E-state index in [1.807, 2.05) is 19.1 Å². The van der Waals surface area contributed by atoms with Crippen molar-refractivity contribution in [3.63, 3.8) is 0 Å². The number of nitrogens with one attached hydrogen (secondary N) is 1. The van der Waals surface area contributed by atoms with Gasteiger partial charge in [-0.05, 0) is 37.0 Å². The maximum Gasteiger partial charge on any atom is 0.244 e. The molecule has 0 aromatic heterocycles. The average Bonchev–Trinajstić information content (AvgIpc) is 2.83. The molecular formula is C18H18Cl2N2O3. The number of nitrogens with zero attached hydrogens (tertiary/aromatic N) is 1. The van der Waals surface area contributed by atoms with Crippen LogP contribution in [0.15, 0.2) is 30.4 Å². The van der Waals surface area contributed by atoms with E-state index in [1.165, 1.54) is 6.07 Å². The van der Waals surface area contributed by atoms with Crippen LogP contribution < -0.4 is 5.32 Å². The van der Waals surface area contributed by atoms with Gasteiger partial charge in [0.15, 0.2) is 0 Å². The lowest BCUT2D eigenvalue weighted by Gasteiger charge is -2.24. The summed E-state index contributed by atoms with van der Waals surface area (Å²) in [6.45, 7) is 1.70. The number of rotatable bonds is 4. The van der Waals surface area contributed by atoms with Crippen LogP contribution in [0.25, 0.3) is 0 Å². The van der Waals surface area contributed by atoms with Crippen LogP contribution in [0.4, 0.5) is 5.69 Å². The molecule has 7 heteroatoms. The summed E-state index contributed by atoms with van der Waals surface area (Å²) in [5.74, 6) is -1.60. The molecule has 5 nitrogen and oxygen atoms in total. The van der Waals surface area contributed by atoms with E-state index in [1.54, 1.807) is 12.1 Å². The number of benzene rings is 1. The number of hydrogen-bond acceptors (Lipinski definition) is 3. The fourth-order valence-electron chi connectivity index (χ4n) is 3.53. The Hall–Kier alpha value is -1.85. The minimum atomic E-state index is -0.445. The average molecular weight is 381 g/mol. The summed E-state index contributed by atoms with van der Waals surface area (Å²) in [6, 6.07) is 4.69. The van der Waals surface area contributed by atoms with Gasteiger partial charge in [0.1, 0.15) is 6.54 Å². The number of allylic oxidation sites excluding steroid dienone is 2. The van der Waals surface area contributed by atoms with Crippen molar-refractivity contribution >= 4 is 46.6 Å². The molecule has 3 amide bonds. The molecule has 1 aromatic carbocycles. The molecule has 0 spiro atoms. The molecule has 1 aliphatic carbocycles. The molecule has 3 atom stereocenters. The Balaban J connectivity index is 1.70. The summed E-state index contributed by atoms with van der Waals surface area (Å²) < 4.78 is 0. The van der Waals surface area contributed by atoms with Gasteiger partial charge in [-0.2, -0.15) is 0 Å². The van der Waals surface area contributed by atoms with E-state index >= 15 is 0 Å². The molecule has 1 saturated heterocycles. The Morgan fingerprint density at radius 1 is 1.24 bits per heavy atom. The smallest absolute Gasteiger partial charge is 0.244 e. The minimum Gasteiger partial charge on any atom is -0.324 e. The normalized spacial score (nSPS) is 25.2. The first kappa shape index (κ1) is 18.0. The second kappa shape index (κ2) is 7.18. The second-order valence-corrected chi connectivity index (χ2v) is 7.12. The van der Waals surface area contributed by atoms with Gasteiger partial charge in [-0.3, -0.25) is 19.3 Å². The van der Waals surface area contributed by atoms with E-state index in [2.05, 4.69) is 5.32 Å². The molecule has 1 aliphatic heterocycles. The standard InChI is InChI=1S/C18H18Cl2N2O3/c1-2-10-4-3-5-12-16(10)18(25)22(17(12)24)9-15(23)21-11-6-7-13(19)14(20)8-11/h3-4,6-8,10,12,16H,2,5,9H2,1H3,(H,21,23). The number of fused-ring (bicyclic) bond motifs is 1. The lowest BCUT2D eigenvalue weighted by atomic mass is 9.76. The van der Waals surface area contributed by atoms with Crippen molar-refractivity contribution in [2.75, 3.05) is 11.9 Å². The number of hydrogen-bond donors (Lipinski definition) is 1. The maximum atomic E-state index is 12.7. The maximum absolute atomic E-state index is 12.7. The predicted octanol–water partition coefficient (Wildman–Crippen LogP) is 3.52. The van der Waals surface area contributed by atoms with Gasteiger partial charge in [0.2, 0.25) is 17.7 Å². The Kier molecular flexibility index (Phi) is 5.16. The van der Waals surface area contributed by atoms with E-state index < -0.39 is 5.91 Å². The zero-order valence-electron chi connectivity index (χ0n) is 13.7. The molecule has 132 valence electrons. The molecule has 25 heavy (non-hydrogen) atoms. The van der Waals surface area contributed by atoms with Crippen LogP contribution in [-0.2, 0) is 14.4 Å². The molecule has 3 unspecified atom stereocenters. The summed E-state index contributed by atoms with van der Waals surface area (Å²) in [4.78, 5) is 38.6. The Morgan fingerprint density at radius 3 is 2.68 bits per heavy atom. The highest BCUT2D eigenvalue weighted by molar-refractivity contribution is 6.42. The van der Waals surface area contributed by atoms with Gasteiger partial charge in [0.05, 0.1) is 21.9 Å². The van der Waals surface area contributed by atoms with E-state index in [0.29, 0.717) is 22.2 Å². The quantitative estimate of drug-likeness (QED) is 0.641. The molecule has 0 bridgehead atoms. The van der Waals surface area contributed by atoms with Crippen LogP contribution >= 0.6 is 23.2 Å². The van der Waals surface area contributed by atoms with E-state index in [4.69, 9.17) is 23.2 Å². The van der Waals surface area contributed by atoms with E-state index in [0.717, 1.165) is 11.3 Å². The number of carbonyl (C=O) groups excluding carboxylic acids is 3. The highest BCUT2D eigenvalue weighted by atomic mass is 35.5. The monoisotopic (exact) mass is 380 g/mol. The first-order chi connectivity index (χ1) is 11.9. The third-order valence-electron chi connectivity index (χ3n) is 4.78. The topological polar surface area (TPSA) is 66.5 Å². The molecule has 1 N–H and O–H groups in total. The summed E-state index contributed by atoms with van der Waals surface area (Å²) in [5.41, 5.74) is 0.462. The first-order valence-corrected chi connectivity index (χ1v) is 8.94. The van der Waals surface area contributed by atoms with Crippen LogP contribution in [0.2, 0.25) is 10.0 Å². The van der Waals surface area contributed by atoms with Crippen molar-refractivity contribution in [1.82, 2.24) is 4.90 Å². The lowest BCUT2D eigenvalue weighted by molar-refractivity contribution is -0.142. The molecule has 2 aliphatic rings. The summed E-state index contributed by atoms with van der Waals surface area (Å²) in [7, 11) is 0. The molecule has 1 aromatic rings. The van der Waals surface area contributed by atoms with Crippen LogP contribution in [0.1, 0.15) is 19.8 Å². The number of halogens is 2. The Morgan fingerprint density at radius 2 is 2.00 bits per heavy atom. The zero-order chi connectivity index (χ0) is 18.1. The van der Waals surface area contributed by atoms with Crippen molar-refractivity contribution in [2.24, 2.45) is 17.8 Å². The van der Waals surface area contributed by atoms with Gasteiger partial charge < -0.3 is 5.32 Å². The van der Waals surface area contributed by atoms with Gasteiger partial charge in [-0.15, -0.1) is 0 Å². The number of likely N-dealkylation sites (tertiary alicyclic amines) is 1. The molecule has 1 heterocycles. The van der Waals surface area contributed by atoms with Gasteiger partial charge >= 0.3 is 0 Å². The fourth-order valence-corrected chi connectivity index (χ4v) is 3.83. The predicted molar refractivity (Wildman–Crippen MR) is 96.3 cm³/mol. The Bertz CT molecular complexity index is 763. The highest BCUT2D eigenvalue weighted by Gasteiger charge is 2.50. The van der Waals surface area contributed by atoms with Crippen molar-refractivity contribution in [2.45, 2.75) is 19.8 Å². The number of imide groups is 1. The van der Waals surface area contributed by atoms with Crippen LogP contribution in [-0.4, -0.2) is 29.2 Å². The molecular weight excluding hydrogens is 363 g/mol. The largest absolute Gasteiger partial charge is 0.324 e. The van der Waals surface area contributed by atoms with Gasteiger partial charge in [0.25, 0.3) is 0 Å². The Labute approximate surface area is 156 Å². The summed E-state index contributed by atoms with van der Waals surface area (Å²) in [5, 5.41) is 3.34. The number of amides is 3. The highest BCUT2D eigenvalue weighted by Crippen LogP contribution is 2.39. The zero-order valence-corrected chi connectivity index (χ0v) is 15.2. The van der Waals surface area contributed by atoms with Crippen LogP contribution in [0.5, 0.6) is 0 Å². The SMILES string of the molecule is CCC1C=CCC2C(=O)N(CC(=O)Nc3ccc(Cl)c(Cl)c3)C(=O)C12. The van der Waals surface area contributed by atoms with E-state index in [-0.39, 0.29) is 36.1 Å². The lowest BCUT2D eigenvalue weighted by Crippen LogP contribution is -2.38. The van der Waals surface area contributed by atoms with Crippen molar-refractivity contribution < 1.29 is 14.4 Å².